The van der Waals surface area contributed by atoms with E-state index in [0.717, 1.165) is 84.2 Å². The fourth-order valence-corrected chi connectivity index (χ4v) is 13.8. The largest absolute Gasteiger partial charge is 0.392 e. The topological polar surface area (TPSA) is 446 Å². The third kappa shape index (κ3) is 17.2. The molecule has 0 bridgehead atoms. The van der Waals surface area contributed by atoms with Crippen LogP contribution in [0.25, 0.3) is 83.6 Å². The van der Waals surface area contributed by atoms with E-state index in [0.29, 0.717) is 72.7 Å². The molecule has 14 heterocycles. The number of halogens is 3. The highest BCUT2D eigenvalue weighted by molar-refractivity contribution is 7.59. The molecule has 584 valence electrons. The average molecular weight is 1650 g/mol. The van der Waals surface area contributed by atoms with Crippen molar-refractivity contribution in [2.45, 2.75) is 65.7 Å². The first-order valence-electron chi connectivity index (χ1n) is 35.5. The van der Waals surface area contributed by atoms with Crippen LogP contribution in [0, 0.1) is 43.1 Å². The number of nitrogens with two attached hydrogens (primary N) is 4. The summed E-state index contributed by atoms with van der Waals surface area (Å²) in [5, 5.41) is 60.6. The number of anilines is 8. The van der Waals surface area contributed by atoms with Gasteiger partial charge in [-0.1, -0.05) is 126 Å². The number of nitrogens with zero attached hydrogens (tertiary/aromatic N) is 25. The van der Waals surface area contributed by atoms with Gasteiger partial charge in [-0.15, -0.1) is 0 Å². The molecule has 0 aliphatic rings. The van der Waals surface area contributed by atoms with Gasteiger partial charge in [0.2, 0.25) is 0 Å². The fraction of sp³-hybridized carbons (Fsp3) is 0.139. The van der Waals surface area contributed by atoms with Crippen LogP contribution in [0.5, 0.6) is 0 Å². The van der Waals surface area contributed by atoms with Gasteiger partial charge in [0.1, 0.15) is 95.1 Å². The highest BCUT2D eigenvalue weighted by Crippen LogP contribution is 2.39. The van der Waals surface area contributed by atoms with Crippen LogP contribution in [0.15, 0.2) is 188 Å². The average Bonchev–Trinajstić information content (AvgIpc) is 1.68. The molecule has 4 atom stereocenters. The van der Waals surface area contributed by atoms with E-state index in [1.54, 1.807) is 52.7 Å². The molecular formula is C79H70Cl3N33S2. The molecule has 14 aromatic heterocycles. The number of rotatable bonds is 17. The van der Waals surface area contributed by atoms with Gasteiger partial charge >= 0.3 is 0 Å². The van der Waals surface area contributed by atoms with Crippen molar-refractivity contribution >= 4 is 134 Å². The Morgan fingerprint density at radius 2 is 0.897 bits per heavy atom. The van der Waals surface area contributed by atoms with Crippen molar-refractivity contribution in [2.24, 2.45) is 7.05 Å². The van der Waals surface area contributed by atoms with E-state index >= 15 is 0 Å². The molecule has 0 aliphatic carbocycles. The number of nitrogens with one attached hydrogen (secondary N) is 4. The minimum atomic E-state index is -0.242. The van der Waals surface area contributed by atoms with Gasteiger partial charge in [0, 0.05) is 68.7 Å². The van der Waals surface area contributed by atoms with E-state index in [1.165, 1.54) is 25.3 Å². The van der Waals surface area contributed by atoms with Crippen LogP contribution in [0.3, 0.4) is 0 Å². The second-order valence-corrected chi connectivity index (χ2v) is 28.1. The highest BCUT2D eigenvalue weighted by atomic mass is 35.5. The molecule has 0 spiro atoms. The Bertz CT molecular complexity index is 6590. The molecule has 0 saturated heterocycles. The summed E-state index contributed by atoms with van der Waals surface area (Å²) in [6, 6.07) is 42.8. The summed E-state index contributed by atoms with van der Waals surface area (Å²) < 4.78 is 8.33. The van der Waals surface area contributed by atoms with Crippen molar-refractivity contribution in [3.63, 3.8) is 0 Å². The highest BCUT2D eigenvalue weighted by Gasteiger charge is 2.26. The molecule has 17 aromatic rings. The van der Waals surface area contributed by atoms with Gasteiger partial charge in [0.25, 0.3) is 5.69 Å². The smallest absolute Gasteiger partial charge is 0.268 e. The van der Waals surface area contributed by atoms with E-state index in [1.807, 2.05) is 199 Å². The Kier molecular flexibility index (Phi) is 24.2. The molecule has 33 nitrogen and oxygen atoms in total. The van der Waals surface area contributed by atoms with Crippen molar-refractivity contribution in [1.29, 1.82) is 10.5 Å². The Hall–Kier alpha value is -14.5. The zero-order valence-corrected chi connectivity index (χ0v) is 67.3. The maximum Gasteiger partial charge on any atom is 0.268 e. The second kappa shape index (κ2) is 35.2. The normalized spacial score (nSPS) is 11.9. The van der Waals surface area contributed by atoms with Crippen molar-refractivity contribution < 1.29 is 0 Å². The first-order valence-corrected chi connectivity index (χ1v) is 37.6. The van der Waals surface area contributed by atoms with Crippen LogP contribution in [0.4, 0.5) is 52.2 Å². The zero-order chi connectivity index (χ0) is 81.4. The lowest BCUT2D eigenvalue weighted by molar-refractivity contribution is 0.768. The van der Waals surface area contributed by atoms with Crippen LogP contribution in [-0.2, 0) is 7.05 Å². The molecule has 3 aromatic carbocycles. The summed E-state index contributed by atoms with van der Waals surface area (Å²) in [4.78, 5) is 53.9. The SMILES string of the molecule is C[C@H](Nc1ncnc(N)c1-c1cnn(C)c1)c1cc2ncc(Cl)n2nc1-c1ccccc1.C[C@H](Nc1ncnc(N)c1C#N)c1cc2ncc(Cl)n2nc1-c1ccsc1.Cc1cn2nc(-c3ccccc3)c([C@H](C)Nc3ncnc(N)c3C#N)cc2n1.S.[C-]#[N+]c1c(N)ncnc1N[C@@H](C)c1cc2nc(C)c(Cl)n2nc1-c1ccccc1. The van der Waals surface area contributed by atoms with Crippen molar-refractivity contribution in [3.05, 3.63) is 260 Å². The molecule has 17 rings (SSSR count). The van der Waals surface area contributed by atoms with Crippen molar-refractivity contribution in [3.8, 4) is 68.3 Å². The first-order chi connectivity index (χ1) is 56.1. The Labute approximate surface area is 693 Å². The fourth-order valence-electron chi connectivity index (χ4n) is 12.7. The van der Waals surface area contributed by atoms with Crippen molar-refractivity contribution in [2.75, 3.05) is 44.2 Å². The molecule has 38 heteroatoms. The molecule has 0 saturated carbocycles. The molecule has 0 amide bonds. The second-order valence-electron chi connectivity index (χ2n) is 26.2. The summed E-state index contributed by atoms with van der Waals surface area (Å²) in [6.45, 7) is 19.1. The molecule has 0 radical (unpaired) electrons. The van der Waals surface area contributed by atoms with Crippen LogP contribution < -0.4 is 44.2 Å². The number of nitrogen functional groups attached to an aromatic ring is 4. The first kappa shape index (κ1) is 80.5. The monoisotopic (exact) mass is 1650 g/mol. The Morgan fingerprint density at radius 1 is 0.470 bits per heavy atom. The minimum absolute atomic E-state index is 0. The maximum atomic E-state index is 9.38. The molecule has 117 heavy (non-hydrogen) atoms. The third-order valence-electron chi connectivity index (χ3n) is 18.3. The van der Waals surface area contributed by atoms with Gasteiger partial charge in [-0.05, 0) is 77.3 Å². The predicted molar refractivity (Wildman–Crippen MR) is 458 cm³/mol. The number of aromatic nitrogens is 22. The Balaban J connectivity index is 0.000000135. The summed E-state index contributed by atoms with van der Waals surface area (Å²) in [5.41, 5.74) is 40.7. The molecular weight excluding hydrogens is 1580 g/mol. The van der Waals surface area contributed by atoms with Gasteiger partial charge in [-0.2, -0.15) is 60.8 Å². The van der Waals surface area contributed by atoms with Gasteiger partial charge in [-0.3, -0.25) is 4.68 Å². The van der Waals surface area contributed by atoms with E-state index in [4.69, 9.17) is 79.6 Å². The number of nitriles is 2. The van der Waals surface area contributed by atoms with Gasteiger partial charge in [-0.25, -0.2) is 82.7 Å². The number of hydrogen-bond donors (Lipinski definition) is 8. The van der Waals surface area contributed by atoms with E-state index in [-0.39, 0.29) is 71.9 Å². The number of benzene rings is 3. The third-order valence-corrected chi connectivity index (χ3v) is 20.0. The lowest BCUT2D eigenvalue weighted by Gasteiger charge is -2.20. The zero-order valence-electron chi connectivity index (χ0n) is 63.2. The number of aryl methyl sites for hydroxylation is 3. The van der Waals surface area contributed by atoms with Gasteiger partial charge < -0.3 is 44.2 Å². The summed E-state index contributed by atoms with van der Waals surface area (Å²) in [7, 11) is 1.85. The number of thiophene rings is 1. The lowest BCUT2D eigenvalue weighted by Crippen LogP contribution is -2.13. The molecule has 0 fully saturated rings. The standard InChI is InChI=1S/C22H20ClN9.C20H17ClN8.C20H18N8.C17H13ClN8S.H2S/c1-13(29-22-19(21(24)26-12-27-22)15-9-28-31(2)11-15)16-8-18-25-10-17(23)32(18)30-20(16)14-6-4-3-5-7-14;1-11(27-20-17(23-3)19(22)24-10-25-20)14-9-15-26-12(2)18(21)29(15)28-16(14)13-7-5-4-6-8-13;1-12-10-28-17(25-12)8-15(18(27-28)14-6-4-3-5-7-14)13(2)26-20-16(9-21)19(22)23-11-24-20;1-9(24-17-12(5-19)16(20)22-8-23-17)11-4-14-21-6-13(18)26(14)25-15(11)10-2-3-27-7-10;/h3-13H,1-2H3,(H3,24,26,27,29);4-11H,1-2H3,(H3,22,24,25,27);3-8,10-11,13H,1-2H3,(H3,22,23,24,26);2-4,6-9H,1H3,(H3,20,22,23,24);1H2/t13-;11-;13-;9-;/m0000./s1. The summed E-state index contributed by atoms with van der Waals surface area (Å²) in [6.07, 6.45) is 14.1. The Morgan fingerprint density at radius 3 is 1.37 bits per heavy atom. The lowest BCUT2D eigenvalue weighted by atomic mass is 10.0. The van der Waals surface area contributed by atoms with Crippen LogP contribution in [0.1, 0.15) is 96.6 Å². The summed E-state index contributed by atoms with van der Waals surface area (Å²) in [5.74, 6) is 2.53. The van der Waals surface area contributed by atoms with Crippen LogP contribution >= 0.6 is 59.6 Å². The number of fused-ring (bicyclic) bond motifs is 4. The number of hydrogen-bond acceptors (Lipinski definition) is 28. The van der Waals surface area contributed by atoms with E-state index < -0.39 is 0 Å². The molecule has 12 N–H and O–H groups in total. The van der Waals surface area contributed by atoms with Gasteiger partial charge in [0.05, 0.1) is 95.3 Å². The van der Waals surface area contributed by atoms with E-state index in [9.17, 15) is 10.5 Å². The predicted octanol–water partition coefficient (Wildman–Crippen LogP) is 15.2. The number of imidazole rings is 4. The minimum Gasteiger partial charge on any atom is -0.392 e. The quantitative estimate of drug-likeness (QED) is 0.0392. The van der Waals surface area contributed by atoms with Gasteiger partial charge in [0.15, 0.2) is 38.0 Å². The molecule has 0 aliphatic heterocycles. The molecule has 0 unspecified atom stereocenters. The van der Waals surface area contributed by atoms with Crippen LogP contribution in [0.2, 0.25) is 15.5 Å². The summed E-state index contributed by atoms with van der Waals surface area (Å²) >= 11 is 20.4. The van der Waals surface area contributed by atoms with Crippen molar-refractivity contribution in [1.82, 2.24) is 108 Å². The van der Waals surface area contributed by atoms with Crippen LogP contribution in [-0.4, -0.2) is 108 Å². The van der Waals surface area contributed by atoms with E-state index in [2.05, 4.69) is 102 Å². The maximum absolute atomic E-state index is 9.38.